The maximum atomic E-state index is 5.69. The number of hydrogen-bond acceptors (Lipinski definition) is 3. The lowest BCUT2D eigenvalue weighted by molar-refractivity contribution is -0.0889. The normalized spacial score (nSPS) is 12.5. The quantitative estimate of drug-likeness (QED) is 0.564. The molecule has 17 heavy (non-hydrogen) atoms. The maximum Gasteiger partial charge on any atom is 0.147 e. The average molecular weight is 303 g/mol. The molecule has 0 amide bonds. The number of ether oxygens (including phenoxy) is 3. The molecule has 1 aromatic carbocycles. The summed E-state index contributed by atoms with van der Waals surface area (Å²) >= 11 is 3.55. The lowest BCUT2D eigenvalue weighted by Gasteiger charge is -2.19. The number of halogens is 1. The minimum atomic E-state index is 0.0195. The van der Waals surface area contributed by atoms with Gasteiger partial charge in [-0.3, -0.25) is 0 Å². The molecule has 0 fully saturated rings. The summed E-state index contributed by atoms with van der Waals surface area (Å²) in [7, 11) is 1.66. The monoisotopic (exact) mass is 302 g/mol. The van der Waals surface area contributed by atoms with E-state index in [1.807, 2.05) is 25.1 Å². The highest BCUT2D eigenvalue weighted by Gasteiger charge is 2.15. The Kier molecular flexibility index (Phi) is 6.55. The first-order valence-corrected chi connectivity index (χ1v) is 6.55. The van der Waals surface area contributed by atoms with Gasteiger partial charge in [0.15, 0.2) is 0 Å². The summed E-state index contributed by atoms with van der Waals surface area (Å²) < 4.78 is 17.1. The predicted molar refractivity (Wildman–Crippen MR) is 71.3 cm³/mol. The largest absolute Gasteiger partial charge is 0.496 e. The molecule has 1 aromatic rings. The molecule has 0 N–H and O–H groups in total. The van der Waals surface area contributed by atoms with Gasteiger partial charge in [0, 0.05) is 6.61 Å². The van der Waals surface area contributed by atoms with E-state index in [0.29, 0.717) is 13.4 Å². The summed E-state index contributed by atoms with van der Waals surface area (Å²) in [6, 6.07) is 5.92. The van der Waals surface area contributed by atoms with Crippen LogP contribution in [-0.4, -0.2) is 20.5 Å². The van der Waals surface area contributed by atoms with Crippen molar-refractivity contribution in [2.24, 2.45) is 0 Å². The van der Waals surface area contributed by atoms with E-state index in [9.17, 15) is 0 Å². The van der Waals surface area contributed by atoms with E-state index in [1.165, 1.54) is 0 Å². The molecule has 96 valence electrons. The fourth-order valence-corrected chi connectivity index (χ4v) is 2.26. The van der Waals surface area contributed by atoms with Crippen molar-refractivity contribution >= 4 is 15.9 Å². The smallest absolute Gasteiger partial charge is 0.147 e. The summed E-state index contributed by atoms with van der Waals surface area (Å²) in [5.74, 6) is 0.820. The van der Waals surface area contributed by atoms with Gasteiger partial charge in [-0.05, 0) is 40.9 Å². The van der Waals surface area contributed by atoms with Crippen molar-refractivity contribution in [3.8, 4) is 5.75 Å². The summed E-state index contributed by atoms with van der Waals surface area (Å²) in [6.45, 7) is 5.02. The van der Waals surface area contributed by atoms with Gasteiger partial charge in [-0.1, -0.05) is 19.1 Å². The number of hydrogen-bond donors (Lipinski definition) is 0. The predicted octanol–water partition coefficient (Wildman–Crippen LogP) is 3.92. The third kappa shape index (κ3) is 3.98. The average Bonchev–Trinajstić information content (AvgIpc) is 2.36. The van der Waals surface area contributed by atoms with Crippen LogP contribution in [0.15, 0.2) is 22.7 Å². The summed E-state index contributed by atoms with van der Waals surface area (Å²) in [6.07, 6.45) is 0.907. The molecule has 0 heterocycles. The molecule has 0 aliphatic carbocycles. The number of rotatable bonds is 7. The fourth-order valence-electron chi connectivity index (χ4n) is 1.58. The first-order valence-electron chi connectivity index (χ1n) is 5.76. The number of methoxy groups -OCH3 is 1. The Morgan fingerprint density at radius 2 is 2.06 bits per heavy atom. The zero-order valence-corrected chi connectivity index (χ0v) is 12.1. The van der Waals surface area contributed by atoms with Crippen molar-refractivity contribution in [2.75, 3.05) is 20.5 Å². The van der Waals surface area contributed by atoms with Crippen LogP contribution >= 0.6 is 15.9 Å². The van der Waals surface area contributed by atoms with E-state index in [0.717, 1.165) is 22.2 Å². The van der Waals surface area contributed by atoms with E-state index < -0.39 is 0 Å². The Morgan fingerprint density at radius 3 is 2.65 bits per heavy atom. The maximum absolute atomic E-state index is 5.69. The van der Waals surface area contributed by atoms with Gasteiger partial charge in [0.1, 0.15) is 12.5 Å². The second-order valence-corrected chi connectivity index (χ2v) is 4.33. The first-order chi connectivity index (χ1) is 8.24. The standard InChI is InChI=1S/C13H19BrO3/c1-4-11(17-9-16-5-2)10-7-6-8-12(15-3)13(10)14/h6-8,11H,4-5,9H2,1-3H3. The van der Waals surface area contributed by atoms with E-state index in [4.69, 9.17) is 14.2 Å². The number of benzene rings is 1. The van der Waals surface area contributed by atoms with Gasteiger partial charge in [0.05, 0.1) is 17.7 Å². The Bertz CT molecular complexity index is 341. The van der Waals surface area contributed by atoms with Crippen LogP contribution in [0, 0.1) is 0 Å². The SMILES string of the molecule is CCOCOC(CC)c1cccc(OC)c1Br. The minimum Gasteiger partial charge on any atom is -0.496 e. The molecule has 0 spiro atoms. The van der Waals surface area contributed by atoms with Crippen molar-refractivity contribution in [3.63, 3.8) is 0 Å². The molecule has 0 radical (unpaired) electrons. The molecule has 1 rings (SSSR count). The first kappa shape index (κ1) is 14.5. The zero-order chi connectivity index (χ0) is 12.7. The third-order valence-corrected chi connectivity index (χ3v) is 3.34. The van der Waals surface area contributed by atoms with Gasteiger partial charge < -0.3 is 14.2 Å². The Morgan fingerprint density at radius 1 is 1.29 bits per heavy atom. The van der Waals surface area contributed by atoms with Crippen molar-refractivity contribution in [1.29, 1.82) is 0 Å². The highest BCUT2D eigenvalue weighted by atomic mass is 79.9. The van der Waals surface area contributed by atoms with E-state index in [2.05, 4.69) is 22.9 Å². The van der Waals surface area contributed by atoms with Gasteiger partial charge in [-0.15, -0.1) is 0 Å². The lowest BCUT2D eigenvalue weighted by atomic mass is 10.1. The molecule has 0 aliphatic heterocycles. The molecule has 3 nitrogen and oxygen atoms in total. The molecule has 1 unspecified atom stereocenters. The van der Waals surface area contributed by atoms with Crippen molar-refractivity contribution in [3.05, 3.63) is 28.2 Å². The molecule has 4 heteroatoms. The van der Waals surface area contributed by atoms with Crippen LogP contribution in [0.1, 0.15) is 31.9 Å². The summed E-state index contributed by atoms with van der Waals surface area (Å²) in [5, 5.41) is 0. The second kappa shape index (κ2) is 7.69. The van der Waals surface area contributed by atoms with Crippen LogP contribution in [0.25, 0.3) is 0 Å². The minimum absolute atomic E-state index is 0.0195. The van der Waals surface area contributed by atoms with Crippen molar-refractivity contribution in [1.82, 2.24) is 0 Å². The molecule has 0 bridgehead atoms. The third-order valence-electron chi connectivity index (χ3n) is 2.49. The van der Waals surface area contributed by atoms with Gasteiger partial charge in [0.2, 0.25) is 0 Å². The molecular weight excluding hydrogens is 284 g/mol. The van der Waals surface area contributed by atoms with Gasteiger partial charge in [-0.2, -0.15) is 0 Å². The molecule has 0 aromatic heterocycles. The Labute approximate surface area is 111 Å². The molecule has 0 aliphatic rings. The zero-order valence-electron chi connectivity index (χ0n) is 10.5. The van der Waals surface area contributed by atoms with E-state index in [1.54, 1.807) is 7.11 Å². The van der Waals surface area contributed by atoms with Crippen LogP contribution in [0.2, 0.25) is 0 Å². The van der Waals surface area contributed by atoms with Crippen LogP contribution < -0.4 is 4.74 Å². The molecule has 1 atom stereocenters. The van der Waals surface area contributed by atoms with Crippen LogP contribution in [0.4, 0.5) is 0 Å². The molecule has 0 saturated heterocycles. The van der Waals surface area contributed by atoms with E-state index >= 15 is 0 Å². The summed E-state index contributed by atoms with van der Waals surface area (Å²) in [4.78, 5) is 0. The van der Waals surface area contributed by atoms with Crippen LogP contribution in [0.3, 0.4) is 0 Å². The highest BCUT2D eigenvalue weighted by Crippen LogP contribution is 2.34. The Balaban J connectivity index is 2.80. The van der Waals surface area contributed by atoms with E-state index in [-0.39, 0.29) is 6.10 Å². The van der Waals surface area contributed by atoms with Crippen LogP contribution in [0.5, 0.6) is 5.75 Å². The van der Waals surface area contributed by atoms with Gasteiger partial charge in [0.25, 0.3) is 0 Å². The van der Waals surface area contributed by atoms with Gasteiger partial charge in [-0.25, -0.2) is 0 Å². The highest BCUT2D eigenvalue weighted by molar-refractivity contribution is 9.10. The summed E-state index contributed by atoms with van der Waals surface area (Å²) in [5.41, 5.74) is 1.09. The molecule has 0 saturated carbocycles. The van der Waals surface area contributed by atoms with Crippen LogP contribution in [-0.2, 0) is 9.47 Å². The van der Waals surface area contributed by atoms with Crippen molar-refractivity contribution < 1.29 is 14.2 Å². The second-order valence-electron chi connectivity index (χ2n) is 3.54. The van der Waals surface area contributed by atoms with Crippen molar-refractivity contribution in [2.45, 2.75) is 26.4 Å². The fraction of sp³-hybridized carbons (Fsp3) is 0.538. The molecular formula is C13H19BrO3. The topological polar surface area (TPSA) is 27.7 Å². The Hall–Kier alpha value is -0.580. The lowest BCUT2D eigenvalue weighted by Crippen LogP contribution is -2.08. The van der Waals surface area contributed by atoms with Gasteiger partial charge >= 0.3 is 0 Å².